The molecule has 1 amide bonds. The molecule has 102 valence electrons. The first-order valence-electron chi connectivity index (χ1n) is 6.16. The Hall–Kier alpha value is -1.72. The molecule has 0 heterocycles. The summed E-state index contributed by atoms with van der Waals surface area (Å²) in [5.41, 5.74) is 11.7. The fourth-order valence-corrected chi connectivity index (χ4v) is 2.07. The highest BCUT2D eigenvalue weighted by molar-refractivity contribution is 5.89. The van der Waals surface area contributed by atoms with Crippen LogP contribution in [-0.2, 0) is 4.74 Å². The van der Waals surface area contributed by atoms with Crippen molar-refractivity contribution in [2.75, 3.05) is 0 Å². The summed E-state index contributed by atoms with van der Waals surface area (Å²) in [6.07, 6.45) is 3.32. The first kappa shape index (κ1) is 14.3. The maximum absolute atomic E-state index is 11.4. The molecule has 0 aromatic heterocycles. The molecule has 0 unspecified atom stereocenters. The fraction of sp³-hybridized carbons (Fsp3) is 0.667. The zero-order valence-electron chi connectivity index (χ0n) is 10.9. The predicted octanol–water partition coefficient (Wildman–Crippen LogP) is 1.07. The number of hydrogen-bond donors (Lipinski definition) is 4. The molecule has 18 heavy (non-hydrogen) atoms. The molecule has 0 aromatic carbocycles. The minimum Gasteiger partial charge on any atom is -0.446 e. The average molecular weight is 254 g/mol. The fourth-order valence-electron chi connectivity index (χ4n) is 2.07. The maximum Gasteiger partial charge on any atom is 0.407 e. The van der Waals surface area contributed by atoms with E-state index >= 15 is 0 Å². The third-order valence-corrected chi connectivity index (χ3v) is 2.86. The summed E-state index contributed by atoms with van der Waals surface area (Å²) in [4.78, 5) is 11.4. The van der Waals surface area contributed by atoms with E-state index in [1.165, 1.54) is 6.08 Å². The van der Waals surface area contributed by atoms with Crippen LogP contribution >= 0.6 is 0 Å². The number of ether oxygens (including phenoxy) is 1. The van der Waals surface area contributed by atoms with Crippen molar-refractivity contribution >= 4 is 11.9 Å². The Balaban J connectivity index is 2.42. The van der Waals surface area contributed by atoms with Crippen molar-refractivity contribution in [3.63, 3.8) is 0 Å². The van der Waals surface area contributed by atoms with Crippen molar-refractivity contribution in [1.29, 1.82) is 5.41 Å². The van der Waals surface area contributed by atoms with Gasteiger partial charge in [-0.2, -0.15) is 0 Å². The van der Waals surface area contributed by atoms with Crippen LogP contribution in [0.15, 0.2) is 11.8 Å². The van der Waals surface area contributed by atoms with E-state index in [4.69, 9.17) is 21.6 Å². The quantitative estimate of drug-likeness (QED) is 0.443. The van der Waals surface area contributed by atoms with E-state index in [1.54, 1.807) is 0 Å². The molecule has 0 aromatic rings. The summed E-state index contributed by atoms with van der Waals surface area (Å²) in [5.74, 6) is 0.0974. The van der Waals surface area contributed by atoms with Gasteiger partial charge in [-0.1, -0.05) is 0 Å². The van der Waals surface area contributed by atoms with Gasteiger partial charge < -0.3 is 21.5 Å². The summed E-state index contributed by atoms with van der Waals surface area (Å²) in [6.45, 7) is 3.76. The van der Waals surface area contributed by atoms with Gasteiger partial charge in [-0.25, -0.2) is 4.79 Å². The van der Waals surface area contributed by atoms with Crippen LogP contribution in [0.25, 0.3) is 0 Å². The molecule has 1 saturated carbocycles. The zero-order chi connectivity index (χ0) is 13.7. The van der Waals surface area contributed by atoms with E-state index in [0.717, 1.165) is 12.8 Å². The monoisotopic (exact) mass is 254 g/mol. The lowest BCUT2D eigenvalue weighted by molar-refractivity contribution is 0.0975. The van der Waals surface area contributed by atoms with E-state index in [0.29, 0.717) is 12.1 Å². The van der Waals surface area contributed by atoms with Gasteiger partial charge in [-0.05, 0) is 39.2 Å². The number of alkyl carbamates (subject to hydrolysis) is 1. The van der Waals surface area contributed by atoms with Crippen LogP contribution in [0.2, 0.25) is 0 Å². The van der Waals surface area contributed by atoms with E-state index in [9.17, 15) is 4.79 Å². The van der Waals surface area contributed by atoms with Crippen molar-refractivity contribution in [2.24, 2.45) is 17.4 Å². The first-order valence-corrected chi connectivity index (χ1v) is 6.16. The lowest BCUT2D eigenvalue weighted by Crippen LogP contribution is -2.33. The molecule has 0 spiro atoms. The number of nitrogens with one attached hydrogen (secondary N) is 2. The number of nitrogens with two attached hydrogens (primary N) is 2. The molecule has 6 N–H and O–H groups in total. The number of allylic oxidation sites excluding steroid dienone is 1. The van der Waals surface area contributed by atoms with Crippen LogP contribution in [0, 0.1) is 11.3 Å². The van der Waals surface area contributed by atoms with Crippen LogP contribution in [0.1, 0.15) is 33.1 Å². The summed E-state index contributed by atoms with van der Waals surface area (Å²) >= 11 is 0. The minimum atomic E-state index is -0.384. The Morgan fingerprint density at radius 2 is 2.11 bits per heavy atom. The van der Waals surface area contributed by atoms with Gasteiger partial charge in [0.15, 0.2) is 0 Å². The van der Waals surface area contributed by atoms with E-state index in [-0.39, 0.29) is 30.0 Å². The Bertz CT molecular complexity index is 352. The second-order valence-electron chi connectivity index (χ2n) is 4.94. The average Bonchev–Trinajstić information content (AvgIpc) is 2.63. The largest absolute Gasteiger partial charge is 0.446 e. The number of hydrogen-bond acceptors (Lipinski definition) is 4. The molecule has 0 aliphatic heterocycles. The van der Waals surface area contributed by atoms with E-state index in [2.05, 4.69) is 5.32 Å². The summed E-state index contributed by atoms with van der Waals surface area (Å²) in [5, 5.41) is 9.84. The third-order valence-electron chi connectivity index (χ3n) is 2.86. The van der Waals surface area contributed by atoms with Gasteiger partial charge in [-0.15, -0.1) is 0 Å². The Kier molecular flexibility index (Phi) is 5.00. The highest BCUT2D eigenvalue weighted by atomic mass is 16.6. The van der Waals surface area contributed by atoms with E-state index < -0.39 is 0 Å². The second-order valence-corrected chi connectivity index (χ2v) is 4.94. The van der Waals surface area contributed by atoms with E-state index in [1.807, 2.05) is 13.8 Å². The highest BCUT2D eigenvalue weighted by Crippen LogP contribution is 2.31. The van der Waals surface area contributed by atoms with Gasteiger partial charge >= 0.3 is 6.09 Å². The molecule has 0 saturated heterocycles. The Morgan fingerprint density at radius 3 is 2.67 bits per heavy atom. The lowest BCUT2D eigenvalue weighted by atomic mass is 10.0. The summed E-state index contributed by atoms with van der Waals surface area (Å²) in [7, 11) is 0. The number of amides is 1. The van der Waals surface area contributed by atoms with Crippen LogP contribution in [0.5, 0.6) is 0 Å². The van der Waals surface area contributed by atoms with Crippen LogP contribution in [0.4, 0.5) is 4.79 Å². The molecule has 1 aliphatic rings. The van der Waals surface area contributed by atoms with Crippen molar-refractivity contribution < 1.29 is 9.53 Å². The van der Waals surface area contributed by atoms with Gasteiger partial charge in [0.25, 0.3) is 0 Å². The molecule has 0 bridgehead atoms. The normalized spacial score (nSPS) is 24.1. The van der Waals surface area contributed by atoms with Gasteiger partial charge in [-0.3, -0.25) is 5.41 Å². The summed E-state index contributed by atoms with van der Waals surface area (Å²) < 4.78 is 5.29. The lowest BCUT2D eigenvalue weighted by Gasteiger charge is -2.15. The highest BCUT2D eigenvalue weighted by Gasteiger charge is 2.29. The minimum absolute atomic E-state index is 0.0468. The Labute approximate surface area is 107 Å². The Morgan fingerprint density at radius 1 is 1.44 bits per heavy atom. The summed E-state index contributed by atoms with van der Waals surface area (Å²) in [6, 6.07) is 0.0670. The molecular formula is C12H22N4O2. The topological polar surface area (TPSA) is 114 Å². The molecule has 6 heteroatoms. The standard InChI is InChI=1S/C12H22N4O2/c1-7(2)16-12(17)18-9-4-3-8(5-9)10(13)6-11(14)15/h6-9H,3-5,13H2,1-2H3,(H3,14,15)(H,16,17)/b10-6-/t8-,9+/m0/s1. The van der Waals surface area contributed by atoms with Crippen LogP contribution < -0.4 is 16.8 Å². The molecule has 0 radical (unpaired) electrons. The predicted molar refractivity (Wildman–Crippen MR) is 70.1 cm³/mol. The zero-order valence-corrected chi connectivity index (χ0v) is 10.9. The smallest absolute Gasteiger partial charge is 0.407 e. The van der Waals surface area contributed by atoms with Crippen molar-refractivity contribution in [1.82, 2.24) is 5.32 Å². The third kappa shape index (κ3) is 4.65. The second kappa shape index (κ2) is 6.28. The molecule has 1 rings (SSSR count). The van der Waals surface area contributed by atoms with Crippen LogP contribution in [-0.4, -0.2) is 24.1 Å². The van der Waals surface area contributed by atoms with Crippen LogP contribution in [0.3, 0.4) is 0 Å². The molecule has 6 nitrogen and oxygen atoms in total. The van der Waals surface area contributed by atoms with Gasteiger partial charge in [0.2, 0.25) is 0 Å². The van der Waals surface area contributed by atoms with Gasteiger partial charge in [0.05, 0.1) is 0 Å². The number of carbonyl (C=O) groups excluding carboxylic acids is 1. The molecular weight excluding hydrogens is 232 g/mol. The van der Waals surface area contributed by atoms with Gasteiger partial charge in [0.1, 0.15) is 11.9 Å². The SMILES string of the molecule is CC(C)NC(=O)O[C@@H]1CC[C@H](/C(N)=C/C(=N)N)C1. The molecule has 1 aliphatic carbocycles. The molecule has 1 fully saturated rings. The van der Waals surface area contributed by atoms with Gasteiger partial charge in [0, 0.05) is 17.7 Å². The number of carbonyl (C=O) groups is 1. The number of rotatable bonds is 4. The first-order chi connectivity index (χ1) is 8.38. The van der Waals surface area contributed by atoms with Crippen molar-refractivity contribution in [3.8, 4) is 0 Å². The maximum atomic E-state index is 11.4. The van der Waals surface area contributed by atoms with Crippen molar-refractivity contribution in [2.45, 2.75) is 45.3 Å². The van der Waals surface area contributed by atoms with Crippen molar-refractivity contribution in [3.05, 3.63) is 11.8 Å². The molecule has 2 atom stereocenters. The number of amidine groups is 1.